The molecule has 0 aromatic carbocycles. The molecule has 0 aliphatic carbocycles. The van der Waals surface area contributed by atoms with Crippen LogP contribution < -0.4 is 0 Å². The minimum atomic E-state index is -0.0819. The summed E-state index contributed by atoms with van der Waals surface area (Å²) in [5, 5.41) is 0. The second-order valence-corrected chi connectivity index (χ2v) is 5.77. The number of methoxy groups -OCH3 is 1. The highest BCUT2D eigenvalue weighted by Crippen LogP contribution is 2.05. The SMILES string of the molecule is CCCCCCC(=O)OCCC.CCCCCCCC(=O)OC. The molecule has 138 valence electrons. The number of ether oxygens (including phenoxy) is 2. The summed E-state index contributed by atoms with van der Waals surface area (Å²) in [6.45, 7) is 6.92. The first-order chi connectivity index (χ1) is 11.1. The van der Waals surface area contributed by atoms with Gasteiger partial charge in [-0.05, 0) is 19.3 Å². The highest BCUT2D eigenvalue weighted by Gasteiger charge is 2.00. The Morgan fingerprint density at radius 2 is 1.13 bits per heavy atom. The van der Waals surface area contributed by atoms with Gasteiger partial charge in [-0.3, -0.25) is 9.59 Å². The number of carbonyl (C=O) groups excluding carboxylic acids is 2. The Labute approximate surface area is 143 Å². The summed E-state index contributed by atoms with van der Waals surface area (Å²) in [5.74, 6) is -0.116. The minimum Gasteiger partial charge on any atom is -0.469 e. The first-order valence-corrected chi connectivity index (χ1v) is 9.34. The molecule has 0 aromatic heterocycles. The molecule has 4 heteroatoms. The van der Waals surface area contributed by atoms with Gasteiger partial charge in [0.05, 0.1) is 13.7 Å². The van der Waals surface area contributed by atoms with Crippen molar-refractivity contribution in [3.05, 3.63) is 0 Å². The lowest BCUT2D eigenvalue weighted by Crippen LogP contribution is -2.04. The van der Waals surface area contributed by atoms with E-state index in [9.17, 15) is 9.59 Å². The maximum absolute atomic E-state index is 10.9. The maximum atomic E-state index is 10.9. The highest BCUT2D eigenvalue weighted by molar-refractivity contribution is 5.69. The van der Waals surface area contributed by atoms with Crippen LogP contribution in [0.4, 0.5) is 0 Å². The highest BCUT2D eigenvalue weighted by atomic mass is 16.5. The van der Waals surface area contributed by atoms with Gasteiger partial charge in [-0.15, -0.1) is 0 Å². The van der Waals surface area contributed by atoms with Crippen LogP contribution in [-0.4, -0.2) is 25.7 Å². The Bertz CT molecular complexity index is 264. The molecule has 0 amide bonds. The van der Waals surface area contributed by atoms with E-state index in [1.807, 2.05) is 6.92 Å². The normalized spacial score (nSPS) is 9.74. The average Bonchev–Trinajstić information content (AvgIpc) is 2.57. The maximum Gasteiger partial charge on any atom is 0.305 e. The molecule has 23 heavy (non-hydrogen) atoms. The zero-order valence-electron chi connectivity index (χ0n) is 15.8. The van der Waals surface area contributed by atoms with Gasteiger partial charge in [-0.1, -0.05) is 65.7 Å². The number of rotatable bonds is 13. The number of esters is 2. The number of carbonyl (C=O) groups is 2. The average molecular weight is 331 g/mol. The topological polar surface area (TPSA) is 52.6 Å². The predicted molar refractivity (Wildman–Crippen MR) is 95.4 cm³/mol. The van der Waals surface area contributed by atoms with Crippen LogP contribution in [0.25, 0.3) is 0 Å². The van der Waals surface area contributed by atoms with Crippen molar-refractivity contribution in [1.82, 2.24) is 0 Å². The number of hydrogen-bond donors (Lipinski definition) is 0. The number of hydrogen-bond acceptors (Lipinski definition) is 4. The van der Waals surface area contributed by atoms with E-state index in [-0.39, 0.29) is 11.9 Å². The van der Waals surface area contributed by atoms with Crippen LogP contribution in [0.5, 0.6) is 0 Å². The van der Waals surface area contributed by atoms with Crippen LogP contribution in [-0.2, 0) is 19.1 Å². The van der Waals surface area contributed by atoms with E-state index in [1.54, 1.807) is 0 Å². The van der Waals surface area contributed by atoms with Gasteiger partial charge in [0.1, 0.15) is 0 Å². The zero-order chi connectivity index (χ0) is 17.8. The van der Waals surface area contributed by atoms with Crippen molar-refractivity contribution >= 4 is 11.9 Å². The van der Waals surface area contributed by atoms with Crippen LogP contribution in [0.3, 0.4) is 0 Å². The largest absolute Gasteiger partial charge is 0.469 e. The monoisotopic (exact) mass is 330 g/mol. The fraction of sp³-hybridized carbons (Fsp3) is 0.895. The van der Waals surface area contributed by atoms with Crippen LogP contribution in [0.1, 0.15) is 97.8 Å². The van der Waals surface area contributed by atoms with Crippen LogP contribution in [0, 0.1) is 0 Å². The van der Waals surface area contributed by atoms with Crippen molar-refractivity contribution < 1.29 is 19.1 Å². The van der Waals surface area contributed by atoms with Crippen LogP contribution >= 0.6 is 0 Å². The quantitative estimate of drug-likeness (QED) is 0.334. The van der Waals surface area contributed by atoms with Crippen molar-refractivity contribution in [3.8, 4) is 0 Å². The van der Waals surface area contributed by atoms with E-state index in [0.717, 1.165) is 32.1 Å². The smallest absolute Gasteiger partial charge is 0.305 e. The number of unbranched alkanes of at least 4 members (excludes halogenated alkanes) is 7. The molecule has 0 N–H and O–H groups in total. The molecular formula is C19H38O4. The fourth-order valence-electron chi connectivity index (χ4n) is 1.96. The zero-order valence-corrected chi connectivity index (χ0v) is 15.8. The van der Waals surface area contributed by atoms with Gasteiger partial charge in [0.25, 0.3) is 0 Å². The third kappa shape index (κ3) is 23.3. The van der Waals surface area contributed by atoms with E-state index in [1.165, 1.54) is 39.2 Å². The second kappa shape index (κ2) is 20.9. The third-order valence-corrected chi connectivity index (χ3v) is 3.41. The van der Waals surface area contributed by atoms with E-state index in [4.69, 9.17) is 4.74 Å². The molecule has 0 radical (unpaired) electrons. The van der Waals surface area contributed by atoms with Gasteiger partial charge < -0.3 is 9.47 Å². The molecule has 0 saturated heterocycles. The fourth-order valence-corrected chi connectivity index (χ4v) is 1.96. The molecule has 0 aliphatic heterocycles. The first kappa shape index (κ1) is 24.2. The lowest BCUT2D eigenvalue weighted by molar-refractivity contribution is -0.144. The first-order valence-electron chi connectivity index (χ1n) is 9.34. The Kier molecular flexibility index (Phi) is 22.0. The molecule has 0 spiro atoms. The molecular weight excluding hydrogens is 292 g/mol. The minimum absolute atomic E-state index is 0.0343. The second-order valence-electron chi connectivity index (χ2n) is 5.77. The standard InChI is InChI=1S/C10H20O2.C9H18O2/c1-3-5-6-7-8-10(11)12-9-4-2;1-3-4-5-6-7-8-9(10)11-2/h3-9H2,1-2H3;3-8H2,1-2H3. The molecule has 0 bridgehead atoms. The van der Waals surface area contributed by atoms with Crippen molar-refractivity contribution in [2.45, 2.75) is 97.8 Å². The molecule has 0 aliphatic rings. The van der Waals surface area contributed by atoms with Gasteiger partial charge >= 0.3 is 11.9 Å². The van der Waals surface area contributed by atoms with E-state index in [2.05, 4.69) is 18.6 Å². The summed E-state index contributed by atoms with van der Waals surface area (Å²) in [7, 11) is 1.44. The Balaban J connectivity index is 0. The van der Waals surface area contributed by atoms with Gasteiger partial charge in [0, 0.05) is 12.8 Å². The Hall–Kier alpha value is -1.06. The molecule has 0 rings (SSSR count). The van der Waals surface area contributed by atoms with E-state index >= 15 is 0 Å². The van der Waals surface area contributed by atoms with E-state index in [0.29, 0.717) is 19.4 Å². The summed E-state index contributed by atoms with van der Waals surface area (Å²) in [6.07, 6.45) is 12.6. The van der Waals surface area contributed by atoms with Gasteiger partial charge in [0.2, 0.25) is 0 Å². The summed E-state index contributed by atoms with van der Waals surface area (Å²) >= 11 is 0. The summed E-state index contributed by atoms with van der Waals surface area (Å²) in [4.78, 5) is 21.6. The summed E-state index contributed by atoms with van der Waals surface area (Å²) in [5.41, 5.74) is 0. The molecule has 0 fully saturated rings. The summed E-state index contributed by atoms with van der Waals surface area (Å²) in [6, 6.07) is 0. The van der Waals surface area contributed by atoms with Crippen molar-refractivity contribution in [1.29, 1.82) is 0 Å². The Morgan fingerprint density at radius 3 is 1.61 bits per heavy atom. The van der Waals surface area contributed by atoms with Crippen LogP contribution in [0.2, 0.25) is 0 Å². The van der Waals surface area contributed by atoms with Gasteiger partial charge in [-0.25, -0.2) is 0 Å². The van der Waals surface area contributed by atoms with Gasteiger partial charge in [0.15, 0.2) is 0 Å². The Morgan fingerprint density at radius 1 is 0.652 bits per heavy atom. The van der Waals surface area contributed by atoms with E-state index < -0.39 is 0 Å². The van der Waals surface area contributed by atoms with Crippen LogP contribution in [0.15, 0.2) is 0 Å². The third-order valence-electron chi connectivity index (χ3n) is 3.41. The molecule has 0 unspecified atom stereocenters. The molecule has 0 heterocycles. The lowest BCUT2D eigenvalue weighted by atomic mass is 10.1. The van der Waals surface area contributed by atoms with Crippen molar-refractivity contribution in [3.63, 3.8) is 0 Å². The van der Waals surface area contributed by atoms with Crippen molar-refractivity contribution in [2.24, 2.45) is 0 Å². The molecule has 0 aromatic rings. The molecule has 4 nitrogen and oxygen atoms in total. The molecule has 0 atom stereocenters. The van der Waals surface area contributed by atoms with Crippen molar-refractivity contribution in [2.75, 3.05) is 13.7 Å². The predicted octanol–water partition coefficient (Wildman–Crippen LogP) is 5.43. The lowest BCUT2D eigenvalue weighted by Gasteiger charge is -2.01. The van der Waals surface area contributed by atoms with Gasteiger partial charge in [-0.2, -0.15) is 0 Å². The molecule has 0 saturated carbocycles. The summed E-state index contributed by atoms with van der Waals surface area (Å²) < 4.78 is 9.45.